The fraction of sp³-hybridized carbons (Fsp3) is 0.300. The van der Waals surface area contributed by atoms with Crippen LogP contribution in [0.2, 0.25) is 0 Å². The number of halogens is 3. The third-order valence-corrected chi connectivity index (χ3v) is 5.29. The zero-order valence-electron chi connectivity index (χ0n) is 10.1. The van der Waals surface area contributed by atoms with Crippen LogP contribution in [-0.2, 0) is 15.0 Å². The highest BCUT2D eigenvalue weighted by molar-refractivity contribution is 9.11. The van der Waals surface area contributed by atoms with Crippen molar-refractivity contribution in [3.8, 4) is 0 Å². The van der Waals surface area contributed by atoms with Crippen LogP contribution in [0.3, 0.4) is 0 Å². The molecular weight excluding hydrogens is 439 g/mol. The van der Waals surface area contributed by atoms with Gasteiger partial charge in [0.25, 0.3) is 5.69 Å². The van der Waals surface area contributed by atoms with Crippen molar-refractivity contribution in [2.24, 2.45) is 0 Å². The summed E-state index contributed by atoms with van der Waals surface area (Å²) in [5.74, 6) is -0.573. The number of non-ortho nitro benzene ring substituents is 1. The zero-order chi connectivity index (χ0) is 15.9. The number of rotatable bonds is 3. The van der Waals surface area contributed by atoms with Crippen molar-refractivity contribution >= 4 is 59.4 Å². The molecule has 21 heavy (non-hydrogen) atoms. The first-order valence-electron chi connectivity index (χ1n) is 5.48. The molecule has 0 N–H and O–H groups in total. The van der Waals surface area contributed by atoms with Gasteiger partial charge in [-0.1, -0.05) is 0 Å². The van der Waals surface area contributed by atoms with Crippen LogP contribution in [0.15, 0.2) is 21.1 Å². The minimum Gasteiger partial charge on any atom is -0.309 e. The van der Waals surface area contributed by atoms with Gasteiger partial charge in [0, 0.05) is 34.0 Å². The average Bonchev–Trinajstić information content (AvgIpc) is 2.70. The standard InChI is InChI=1S/C10H7Br2FN2O5S/c11-7-1-5(15(17)18)2-8(12)10(7)14-4-6(3-9(14)16)21(13,19)20/h1-2,6H,3-4H2. The molecule has 1 unspecified atom stereocenters. The largest absolute Gasteiger partial charge is 0.309 e. The molecule has 7 nitrogen and oxygen atoms in total. The Hall–Kier alpha value is -1.07. The van der Waals surface area contributed by atoms with Crippen LogP contribution in [0, 0.1) is 10.1 Å². The summed E-state index contributed by atoms with van der Waals surface area (Å²) >= 11 is 6.21. The maximum Gasteiger partial charge on any atom is 0.307 e. The van der Waals surface area contributed by atoms with Gasteiger partial charge in [0.1, 0.15) is 5.25 Å². The molecule has 0 aromatic heterocycles. The summed E-state index contributed by atoms with van der Waals surface area (Å²) in [6.45, 7) is -0.341. The molecule has 11 heteroatoms. The van der Waals surface area contributed by atoms with Crippen molar-refractivity contribution in [2.45, 2.75) is 11.7 Å². The van der Waals surface area contributed by atoms with Gasteiger partial charge >= 0.3 is 10.2 Å². The summed E-state index contributed by atoms with van der Waals surface area (Å²) < 4.78 is 35.3. The van der Waals surface area contributed by atoms with E-state index in [1.54, 1.807) is 0 Å². The topological polar surface area (TPSA) is 97.6 Å². The van der Waals surface area contributed by atoms with Gasteiger partial charge in [-0.15, -0.1) is 3.89 Å². The quantitative estimate of drug-likeness (QED) is 0.404. The molecule has 2 rings (SSSR count). The van der Waals surface area contributed by atoms with E-state index in [4.69, 9.17) is 0 Å². The second-order valence-electron chi connectivity index (χ2n) is 4.32. The Morgan fingerprint density at radius 1 is 1.33 bits per heavy atom. The number of hydrogen-bond donors (Lipinski definition) is 0. The lowest BCUT2D eigenvalue weighted by atomic mass is 10.2. The van der Waals surface area contributed by atoms with Crippen molar-refractivity contribution in [3.63, 3.8) is 0 Å². The SMILES string of the molecule is O=C1CC(S(=O)(=O)F)CN1c1c(Br)cc([N+](=O)[O-])cc1Br. The van der Waals surface area contributed by atoms with Crippen molar-refractivity contribution in [3.05, 3.63) is 31.2 Å². The molecule has 1 saturated heterocycles. The number of carbonyl (C=O) groups is 1. The van der Waals surface area contributed by atoms with Gasteiger partial charge in [0.05, 0.1) is 10.6 Å². The average molecular weight is 446 g/mol. The van der Waals surface area contributed by atoms with E-state index < -0.39 is 32.7 Å². The maximum absolute atomic E-state index is 13.0. The zero-order valence-corrected chi connectivity index (χ0v) is 14.1. The Morgan fingerprint density at radius 3 is 2.24 bits per heavy atom. The lowest BCUT2D eigenvalue weighted by molar-refractivity contribution is -0.385. The van der Waals surface area contributed by atoms with E-state index in [0.717, 1.165) is 4.90 Å². The monoisotopic (exact) mass is 444 g/mol. The van der Waals surface area contributed by atoms with Gasteiger partial charge in [0.15, 0.2) is 0 Å². The molecule has 1 aromatic rings. The van der Waals surface area contributed by atoms with Gasteiger partial charge in [-0.05, 0) is 31.9 Å². The summed E-state index contributed by atoms with van der Waals surface area (Å²) in [5, 5.41) is 9.31. The van der Waals surface area contributed by atoms with Crippen molar-refractivity contribution < 1.29 is 22.0 Å². The predicted molar refractivity (Wildman–Crippen MR) is 79.3 cm³/mol. The number of anilines is 1. The lowest BCUT2D eigenvalue weighted by Crippen LogP contribution is -2.27. The summed E-state index contributed by atoms with van der Waals surface area (Å²) in [4.78, 5) is 23.1. The molecular formula is C10H7Br2FN2O5S. The van der Waals surface area contributed by atoms with Crippen LogP contribution >= 0.6 is 31.9 Å². The second kappa shape index (κ2) is 5.61. The molecule has 0 radical (unpaired) electrons. The normalized spacial score (nSPS) is 19.1. The first kappa shape index (κ1) is 16.3. The Balaban J connectivity index is 2.44. The molecule has 1 fully saturated rings. The van der Waals surface area contributed by atoms with Gasteiger partial charge in [0.2, 0.25) is 5.91 Å². The van der Waals surface area contributed by atoms with Crippen molar-refractivity contribution in [2.75, 3.05) is 11.4 Å². The van der Waals surface area contributed by atoms with Crippen LogP contribution in [0.25, 0.3) is 0 Å². The highest BCUT2D eigenvalue weighted by Crippen LogP contribution is 2.40. The van der Waals surface area contributed by atoms with Gasteiger partial charge in [-0.2, -0.15) is 8.42 Å². The number of carbonyl (C=O) groups excluding carboxylic acids is 1. The molecule has 1 aliphatic heterocycles. The second-order valence-corrected chi connectivity index (χ2v) is 7.65. The van der Waals surface area contributed by atoms with E-state index >= 15 is 0 Å². The van der Waals surface area contributed by atoms with E-state index in [1.165, 1.54) is 12.1 Å². The number of nitro groups is 1. The Bertz CT molecular complexity index is 716. The molecule has 0 saturated carbocycles. The number of benzene rings is 1. The highest BCUT2D eigenvalue weighted by Gasteiger charge is 2.40. The number of nitrogens with zero attached hydrogens (tertiary/aromatic N) is 2. The first-order chi connectivity index (χ1) is 9.61. The van der Waals surface area contributed by atoms with E-state index in [9.17, 15) is 27.2 Å². The number of amides is 1. The van der Waals surface area contributed by atoms with E-state index in [1.807, 2.05) is 0 Å². The van der Waals surface area contributed by atoms with Crippen molar-refractivity contribution in [1.29, 1.82) is 0 Å². The predicted octanol–water partition coefficient (Wildman–Crippen LogP) is 2.52. The van der Waals surface area contributed by atoms with Crippen LogP contribution < -0.4 is 4.90 Å². The Kier molecular flexibility index (Phi) is 4.36. The molecule has 1 aliphatic rings. The first-order valence-corrected chi connectivity index (χ1v) is 8.52. The van der Waals surface area contributed by atoms with Crippen LogP contribution in [0.5, 0.6) is 0 Å². The highest BCUT2D eigenvalue weighted by atomic mass is 79.9. The minimum atomic E-state index is -4.83. The van der Waals surface area contributed by atoms with Gasteiger partial charge < -0.3 is 4.90 Å². The van der Waals surface area contributed by atoms with E-state index in [-0.39, 0.29) is 26.9 Å². The molecule has 0 bridgehead atoms. The summed E-state index contributed by atoms with van der Waals surface area (Å²) in [7, 11) is -4.83. The minimum absolute atomic E-state index is 0.209. The molecule has 1 atom stereocenters. The fourth-order valence-electron chi connectivity index (χ4n) is 1.99. The van der Waals surface area contributed by atoms with Crippen molar-refractivity contribution in [1.82, 2.24) is 0 Å². The molecule has 0 aliphatic carbocycles. The third kappa shape index (κ3) is 3.24. The number of nitro benzene ring substituents is 1. The fourth-order valence-corrected chi connectivity index (χ4v) is 4.25. The third-order valence-electron chi connectivity index (χ3n) is 2.97. The Morgan fingerprint density at radius 2 is 1.86 bits per heavy atom. The maximum atomic E-state index is 13.0. The Labute approximate surface area is 135 Å². The molecule has 0 spiro atoms. The van der Waals surface area contributed by atoms with Crippen LogP contribution in [0.4, 0.5) is 15.3 Å². The molecule has 1 amide bonds. The van der Waals surface area contributed by atoms with Crippen LogP contribution in [0.1, 0.15) is 6.42 Å². The molecule has 1 aromatic carbocycles. The summed E-state index contributed by atoms with van der Waals surface area (Å²) in [5.41, 5.74) is 0.0237. The summed E-state index contributed by atoms with van der Waals surface area (Å²) in [6, 6.07) is 2.37. The molecule has 1 heterocycles. The smallest absolute Gasteiger partial charge is 0.307 e. The summed E-state index contributed by atoms with van der Waals surface area (Å²) in [6.07, 6.45) is -0.464. The van der Waals surface area contributed by atoms with E-state index in [0.29, 0.717) is 0 Å². The van der Waals surface area contributed by atoms with E-state index in [2.05, 4.69) is 31.9 Å². The van der Waals surface area contributed by atoms with Gasteiger partial charge in [-0.3, -0.25) is 14.9 Å². The molecule has 114 valence electrons. The lowest BCUT2D eigenvalue weighted by Gasteiger charge is -2.19. The van der Waals surface area contributed by atoms with Gasteiger partial charge in [-0.25, -0.2) is 0 Å². The van der Waals surface area contributed by atoms with Crippen LogP contribution in [-0.4, -0.2) is 31.0 Å². The number of hydrogen-bond acceptors (Lipinski definition) is 5.